The lowest BCUT2D eigenvalue weighted by atomic mass is 9.90. The van der Waals surface area contributed by atoms with Crippen LogP contribution in [0.1, 0.15) is 62.9 Å². The third kappa shape index (κ3) is 8.58. The van der Waals surface area contributed by atoms with Gasteiger partial charge in [0, 0.05) is 24.0 Å². The zero-order chi connectivity index (χ0) is 32.0. The molecule has 2 fully saturated rings. The minimum Gasteiger partial charge on any atom is -0.373 e. The number of carbonyl (C=O) groups is 1. The molecule has 0 bridgehead atoms. The number of pyridine rings is 1. The molecule has 2 aromatic heterocycles. The predicted octanol–water partition coefficient (Wildman–Crippen LogP) is 6.13. The van der Waals surface area contributed by atoms with Gasteiger partial charge in [-0.3, -0.25) is 14.7 Å². The summed E-state index contributed by atoms with van der Waals surface area (Å²) in [7, 11) is 0. The molecular formula is C35H41F3N6O. The van der Waals surface area contributed by atoms with E-state index in [4.69, 9.17) is 0 Å². The molecule has 10 heteroatoms. The number of fused-ring (bicyclic) bond motifs is 1. The summed E-state index contributed by atoms with van der Waals surface area (Å²) in [5.74, 6) is 6.65. The first-order valence-electron chi connectivity index (χ1n) is 15.8. The monoisotopic (exact) mass is 618 g/mol. The summed E-state index contributed by atoms with van der Waals surface area (Å²) >= 11 is 0. The van der Waals surface area contributed by atoms with Crippen molar-refractivity contribution in [1.29, 1.82) is 5.26 Å². The number of nitrogens with one attached hydrogen (secondary N) is 1. The highest BCUT2D eigenvalue weighted by atomic mass is 19.4. The molecule has 0 saturated carbocycles. The first kappa shape index (κ1) is 32.4. The number of anilines is 1. The van der Waals surface area contributed by atoms with Crippen molar-refractivity contribution < 1.29 is 18.0 Å². The summed E-state index contributed by atoms with van der Waals surface area (Å²) in [6, 6.07) is 13.2. The maximum absolute atomic E-state index is 13.5. The average Bonchev–Trinajstić information content (AvgIpc) is 3.65. The smallest absolute Gasteiger partial charge is 0.373 e. The molecule has 45 heavy (non-hydrogen) atoms. The number of nitriles is 1. The lowest BCUT2D eigenvalue weighted by Gasteiger charge is -2.33. The number of amides is 1. The number of hydrogen-bond acceptors (Lipinski definition) is 5. The van der Waals surface area contributed by atoms with E-state index in [0.29, 0.717) is 35.1 Å². The van der Waals surface area contributed by atoms with Gasteiger partial charge in [0.15, 0.2) is 0 Å². The topological polar surface area (TPSA) is 77.2 Å². The fourth-order valence-corrected chi connectivity index (χ4v) is 6.21. The van der Waals surface area contributed by atoms with Crippen molar-refractivity contribution in [3.05, 3.63) is 59.5 Å². The van der Waals surface area contributed by atoms with E-state index in [-0.39, 0.29) is 12.5 Å². The van der Waals surface area contributed by atoms with E-state index in [0.717, 1.165) is 62.8 Å². The Balaban J connectivity index is 1.19. The Hall–Kier alpha value is -4.02. The molecule has 7 nitrogen and oxygen atoms in total. The highest BCUT2D eigenvalue weighted by Crippen LogP contribution is 2.28. The van der Waals surface area contributed by atoms with Crippen LogP contribution < -0.4 is 5.32 Å². The highest BCUT2D eigenvalue weighted by Gasteiger charge is 2.30. The van der Waals surface area contributed by atoms with E-state index in [1.54, 1.807) is 38.2 Å². The molecule has 5 rings (SSSR count). The summed E-state index contributed by atoms with van der Waals surface area (Å²) < 4.78 is 41.8. The number of hydrogen-bond donors (Lipinski definition) is 1. The fourth-order valence-electron chi connectivity index (χ4n) is 6.21. The van der Waals surface area contributed by atoms with Gasteiger partial charge in [0.25, 0.3) is 0 Å². The van der Waals surface area contributed by atoms with Crippen molar-refractivity contribution in [2.75, 3.05) is 44.6 Å². The van der Waals surface area contributed by atoms with E-state index in [1.165, 1.54) is 17.4 Å². The first-order valence-corrected chi connectivity index (χ1v) is 15.8. The molecule has 0 aliphatic carbocycles. The van der Waals surface area contributed by atoms with Crippen LogP contribution in [0.25, 0.3) is 10.9 Å². The average molecular weight is 619 g/mol. The number of likely N-dealkylation sites (tertiary alicyclic amines) is 2. The minimum atomic E-state index is -4.38. The van der Waals surface area contributed by atoms with Crippen LogP contribution in [0, 0.1) is 29.1 Å². The number of carbonyl (C=O) groups excluding carboxylic acids is 1. The number of rotatable bonds is 9. The van der Waals surface area contributed by atoms with Gasteiger partial charge in [0.1, 0.15) is 6.54 Å². The van der Waals surface area contributed by atoms with Gasteiger partial charge in [0.2, 0.25) is 5.91 Å². The number of piperidine rings is 1. The van der Waals surface area contributed by atoms with Crippen molar-refractivity contribution in [2.24, 2.45) is 5.92 Å². The number of aryl methyl sites for hydroxylation is 1. The van der Waals surface area contributed by atoms with Crippen LogP contribution in [-0.2, 0) is 23.2 Å². The highest BCUT2D eigenvalue weighted by molar-refractivity contribution is 5.83. The molecule has 0 radical (unpaired) electrons. The van der Waals surface area contributed by atoms with Gasteiger partial charge in [-0.15, -0.1) is 0 Å². The van der Waals surface area contributed by atoms with Crippen molar-refractivity contribution in [3.63, 3.8) is 0 Å². The summed E-state index contributed by atoms with van der Waals surface area (Å²) in [5, 5.41) is 13.2. The van der Waals surface area contributed by atoms with E-state index < -0.39 is 18.1 Å². The van der Waals surface area contributed by atoms with Crippen molar-refractivity contribution >= 4 is 22.5 Å². The second-order valence-electron chi connectivity index (χ2n) is 12.8. The first-order chi connectivity index (χ1) is 21.5. The summed E-state index contributed by atoms with van der Waals surface area (Å²) in [6.45, 7) is 6.89. The number of halogens is 3. The lowest BCUT2D eigenvalue weighted by molar-refractivity contribution is -0.140. The van der Waals surface area contributed by atoms with Gasteiger partial charge >= 0.3 is 6.18 Å². The molecule has 0 unspecified atom stereocenters. The van der Waals surface area contributed by atoms with Crippen molar-refractivity contribution in [2.45, 2.75) is 70.5 Å². The molecule has 3 aromatic rings. The largest absolute Gasteiger partial charge is 0.406 e. The van der Waals surface area contributed by atoms with E-state index in [1.807, 2.05) is 23.1 Å². The second kappa shape index (κ2) is 14.0. The molecule has 4 heterocycles. The normalized spacial score (nSPS) is 16.4. The second-order valence-corrected chi connectivity index (χ2v) is 12.8. The summed E-state index contributed by atoms with van der Waals surface area (Å²) in [6.07, 6.45) is 3.41. The molecule has 238 valence electrons. The summed E-state index contributed by atoms with van der Waals surface area (Å²) in [4.78, 5) is 21.3. The van der Waals surface area contributed by atoms with Gasteiger partial charge < -0.3 is 14.8 Å². The van der Waals surface area contributed by atoms with Crippen LogP contribution in [0.15, 0.2) is 42.6 Å². The molecular weight excluding hydrogens is 577 g/mol. The Morgan fingerprint density at radius 1 is 1.07 bits per heavy atom. The quantitative estimate of drug-likeness (QED) is 0.292. The zero-order valence-corrected chi connectivity index (χ0v) is 26.1. The van der Waals surface area contributed by atoms with Crippen LogP contribution >= 0.6 is 0 Å². The Labute approximate surface area is 263 Å². The summed E-state index contributed by atoms with van der Waals surface area (Å²) in [5.41, 5.74) is 2.59. The predicted molar refractivity (Wildman–Crippen MR) is 170 cm³/mol. The molecule has 0 spiro atoms. The molecule has 1 aromatic carbocycles. The third-order valence-electron chi connectivity index (χ3n) is 8.95. The van der Waals surface area contributed by atoms with Gasteiger partial charge in [-0.05, 0) is 113 Å². The van der Waals surface area contributed by atoms with Crippen molar-refractivity contribution in [1.82, 2.24) is 19.4 Å². The number of aromatic nitrogens is 2. The Morgan fingerprint density at radius 3 is 2.49 bits per heavy atom. The third-order valence-corrected chi connectivity index (χ3v) is 8.95. The Morgan fingerprint density at radius 2 is 1.82 bits per heavy atom. The SMILES string of the molecule is CC(C)(C#N)c1ccc(NCC#Cc2cc3cc(CCC4CCN(C(=O)CN5CCCC5)CC4)ccc3n2CC(F)(F)F)cn1. The van der Waals surface area contributed by atoms with Crippen molar-refractivity contribution in [3.8, 4) is 17.9 Å². The van der Waals surface area contributed by atoms with Crippen LogP contribution in [-0.4, -0.2) is 70.7 Å². The zero-order valence-electron chi connectivity index (χ0n) is 26.1. The van der Waals surface area contributed by atoms with Crippen LogP contribution in [0.4, 0.5) is 18.9 Å². The van der Waals surface area contributed by atoms with E-state index >= 15 is 0 Å². The molecule has 0 atom stereocenters. The number of alkyl halides is 3. The standard InChI is InChI=1S/C35H41F3N6O/c1-34(2,24-39)32-12-10-29(22-41-32)40-15-5-6-30-21-28-20-27(9-11-31(28)44(30)25-35(36,37)38)8-7-26-13-18-43(19-14-26)33(45)23-42-16-3-4-17-42/h9-12,20-22,26,40H,3-4,7-8,13-19,23,25H2,1-2H3. The number of nitrogens with zero attached hydrogens (tertiary/aromatic N) is 5. The van der Waals surface area contributed by atoms with Gasteiger partial charge in [0.05, 0.1) is 47.8 Å². The maximum atomic E-state index is 13.5. The fraction of sp³-hybridized carbons (Fsp3) is 0.514. The Kier molecular flexibility index (Phi) is 10.0. The molecule has 1 amide bonds. The van der Waals surface area contributed by atoms with Gasteiger partial charge in [-0.2, -0.15) is 18.4 Å². The molecule has 2 aliphatic rings. The number of benzene rings is 1. The van der Waals surface area contributed by atoms with Crippen LogP contribution in [0.3, 0.4) is 0 Å². The van der Waals surface area contributed by atoms with E-state index in [9.17, 15) is 23.2 Å². The van der Waals surface area contributed by atoms with Gasteiger partial charge in [-0.1, -0.05) is 12.0 Å². The maximum Gasteiger partial charge on any atom is 0.406 e. The lowest BCUT2D eigenvalue weighted by Crippen LogP contribution is -2.43. The Bertz CT molecular complexity index is 1580. The van der Waals surface area contributed by atoms with Crippen LogP contribution in [0.5, 0.6) is 0 Å². The van der Waals surface area contributed by atoms with E-state index in [2.05, 4.69) is 33.1 Å². The molecule has 2 aliphatic heterocycles. The molecule has 1 N–H and O–H groups in total. The van der Waals surface area contributed by atoms with Gasteiger partial charge in [-0.25, -0.2) is 0 Å². The molecule has 2 saturated heterocycles. The minimum absolute atomic E-state index is 0.226. The van der Waals surface area contributed by atoms with Crippen LogP contribution in [0.2, 0.25) is 0 Å².